The molecule has 0 spiro atoms. The van der Waals surface area contributed by atoms with Crippen molar-refractivity contribution in [2.24, 2.45) is 0 Å². The highest BCUT2D eigenvalue weighted by atomic mass is 16.5. The Hall–Kier alpha value is -2.60. The summed E-state index contributed by atoms with van der Waals surface area (Å²) < 4.78 is 15.4. The van der Waals surface area contributed by atoms with Crippen molar-refractivity contribution in [3.63, 3.8) is 0 Å². The highest BCUT2D eigenvalue weighted by Gasteiger charge is 2.06. The number of nitrogens with zero attached hydrogens (tertiary/aromatic N) is 1. The number of pyridine rings is 1. The summed E-state index contributed by atoms with van der Waals surface area (Å²) in [5.74, 6) is 1.11. The first-order chi connectivity index (χ1) is 11.2. The molecule has 1 aromatic carbocycles. The summed E-state index contributed by atoms with van der Waals surface area (Å²) in [5, 5.41) is 2.81. The van der Waals surface area contributed by atoms with Gasteiger partial charge in [0.2, 0.25) is 11.8 Å². The Morgan fingerprint density at radius 3 is 2.61 bits per heavy atom. The highest BCUT2D eigenvalue weighted by molar-refractivity contribution is 5.92. The van der Waals surface area contributed by atoms with Gasteiger partial charge in [-0.25, -0.2) is 4.98 Å². The van der Waals surface area contributed by atoms with E-state index in [4.69, 9.17) is 14.2 Å². The number of hydrogen-bond acceptors (Lipinski definition) is 5. The van der Waals surface area contributed by atoms with Gasteiger partial charge in [0.05, 0.1) is 20.1 Å². The van der Waals surface area contributed by atoms with Gasteiger partial charge in [-0.05, 0) is 23.8 Å². The van der Waals surface area contributed by atoms with Crippen molar-refractivity contribution in [2.75, 3.05) is 32.8 Å². The number of carbonyl (C=O) groups excluding carboxylic acids is 1. The molecule has 0 radical (unpaired) electrons. The van der Waals surface area contributed by atoms with Crippen LogP contribution in [0.15, 0.2) is 42.6 Å². The molecule has 6 heteroatoms. The number of anilines is 1. The van der Waals surface area contributed by atoms with Gasteiger partial charge in [0, 0.05) is 25.1 Å². The maximum atomic E-state index is 12.1. The summed E-state index contributed by atoms with van der Waals surface area (Å²) >= 11 is 0. The van der Waals surface area contributed by atoms with Crippen LogP contribution in [0.5, 0.6) is 11.6 Å². The van der Waals surface area contributed by atoms with Crippen molar-refractivity contribution < 1.29 is 19.0 Å². The molecule has 1 aromatic heterocycles. The average Bonchev–Trinajstić information content (AvgIpc) is 2.57. The van der Waals surface area contributed by atoms with E-state index in [1.54, 1.807) is 25.4 Å². The quantitative estimate of drug-likeness (QED) is 0.757. The molecular weight excluding hydrogens is 296 g/mol. The van der Waals surface area contributed by atoms with E-state index in [0.29, 0.717) is 24.8 Å². The number of carbonyl (C=O) groups is 1. The van der Waals surface area contributed by atoms with Gasteiger partial charge in [0.1, 0.15) is 12.4 Å². The van der Waals surface area contributed by atoms with Crippen molar-refractivity contribution in [1.82, 2.24) is 4.98 Å². The highest BCUT2D eigenvalue weighted by Crippen LogP contribution is 2.15. The fraction of sp³-hybridized carbons (Fsp3) is 0.294. The number of amides is 1. The van der Waals surface area contributed by atoms with Gasteiger partial charge in [-0.1, -0.05) is 12.1 Å². The van der Waals surface area contributed by atoms with Crippen molar-refractivity contribution in [1.29, 1.82) is 0 Å². The number of hydrogen-bond donors (Lipinski definition) is 1. The topological polar surface area (TPSA) is 69.7 Å². The van der Waals surface area contributed by atoms with Crippen LogP contribution in [0, 0.1) is 0 Å². The molecule has 0 saturated carbocycles. The lowest BCUT2D eigenvalue weighted by molar-refractivity contribution is -0.115. The van der Waals surface area contributed by atoms with Crippen LogP contribution in [-0.4, -0.2) is 38.3 Å². The summed E-state index contributed by atoms with van der Waals surface area (Å²) in [6, 6.07) is 10.8. The normalized spacial score (nSPS) is 10.2. The molecule has 0 aliphatic heterocycles. The van der Waals surface area contributed by atoms with E-state index in [0.717, 1.165) is 11.3 Å². The van der Waals surface area contributed by atoms with E-state index in [9.17, 15) is 4.79 Å². The number of aromatic nitrogens is 1. The predicted molar refractivity (Wildman–Crippen MR) is 86.9 cm³/mol. The number of ether oxygens (including phenoxy) is 3. The summed E-state index contributed by atoms with van der Waals surface area (Å²) in [5.41, 5.74) is 1.56. The van der Waals surface area contributed by atoms with Crippen LogP contribution >= 0.6 is 0 Å². The molecular formula is C17H20N2O4. The van der Waals surface area contributed by atoms with Gasteiger partial charge in [-0.3, -0.25) is 4.79 Å². The van der Waals surface area contributed by atoms with E-state index in [1.807, 2.05) is 24.3 Å². The van der Waals surface area contributed by atoms with E-state index < -0.39 is 0 Å². The fourth-order valence-electron chi connectivity index (χ4n) is 1.94. The molecule has 0 aliphatic carbocycles. The SMILES string of the molecule is COCCOc1ccc(CC(=O)Nc2ccnc(OC)c2)cc1. The van der Waals surface area contributed by atoms with Crippen molar-refractivity contribution in [2.45, 2.75) is 6.42 Å². The summed E-state index contributed by atoms with van der Waals surface area (Å²) in [6.45, 7) is 1.04. The van der Waals surface area contributed by atoms with Crippen LogP contribution in [0.4, 0.5) is 5.69 Å². The Morgan fingerprint density at radius 1 is 1.13 bits per heavy atom. The van der Waals surface area contributed by atoms with Gasteiger partial charge < -0.3 is 19.5 Å². The minimum absolute atomic E-state index is 0.105. The maximum Gasteiger partial charge on any atom is 0.228 e. The van der Waals surface area contributed by atoms with Crippen LogP contribution in [-0.2, 0) is 16.0 Å². The smallest absolute Gasteiger partial charge is 0.228 e. The first-order valence-electron chi connectivity index (χ1n) is 7.22. The molecule has 2 rings (SSSR count). The third-order valence-electron chi connectivity index (χ3n) is 3.07. The Bertz CT molecular complexity index is 629. The first kappa shape index (κ1) is 16.8. The monoisotopic (exact) mass is 316 g/mol. The largest absolute Gasteiger partial charge is 0.491 e. The standard InChI is InChI=1S/C17H20N2O4/c1-21-9-10-23-15-5-3-13(4-6-15)11-16(20)19-14-7-8-18-17(12-14)22-2/h3-8,12H,9-11H2,1-2H3,(H,18,19,20). The van der Waals surface area contributed by atoms with Gasteiger partial charge in [-0.15, -0.1) is 0 Å². The second kappa shape index (κ2) is 8.75. The lowest BCUT2D eigenvalue weighted by Crippen LogP contribution is -2.14. The summed E-state index contributed by atoms with van der Waals surface area (Å²) in [4.78, 5) is 16.1. The van der Waals surface area contributed by atoms with Crippen LogP contribution in [0.1, 0.15) is 5.56 Å². The second-order valence-electron chi connectivity index (χ2n) is 4.80. The number of methoxy groups -OCH3 is 2. The zero-order valence-electron chi connectivity index (χ0n) is 13.2. The lowest BCUT2D eigenvalue weighted by Gasteiger charge is -2.08. The van der Waals surface area contributed by atoms with E-state index in [2.05, 4.69) is 10.3 Å². The van der Waals surface area contributed by atoms with Crippen molar-refractivity contribution in [3.05, 3.63) is 48.2 Å². The summed E-state index contributed by atoms with van der Waals surface area (Å²) in [6.07, 6.45) is 1.86. The number of nitrogens with one attached hydrogen (secondary N) is 1. The molecule has 1 amide bonds. The molecule has 0 aliphatic rings. The van der Waals surface area contributed by atoms with Crippen molar-refractivity contribution in [3.8, 4) is 11.6 Å². The zero-order chi connectivity index (χ0) is 16.5. The van der Waals surface area contributed by atoms with Crippen LogP contribution in [0.25, 0.3) is 0 Å². The Kier molecular flexibility index (Phi) is 6.38. The minimum atomic E-state index is -0.105. The van der Waals surface area contributed by atoms with E-state index in [1.165, 1.54) is 7.11 Å². The fourth-order valence-corrected chi connectivity index (χ4v) is 1.94. The average molecular weight is 316 g/mol. The maximum absolute atomic E-state index is 12.1. The summed E-state index contributed by atoms with van der Waals surface area (Å²) in [7, 11) is 3.16. The molecule has 0 bridgehead atoms. The molecule has 6 nitrogen and oxygen atoms in total. The molecule has 0 fully saturated rings. The van der Waals surface area contributed by atoms with E-state index >= 15 is 0 Å². The van der Waals surface area contributed by atoms with Crippen LogP contribution in [0.3, 0.4) is 0 Å². The second-order valence-corrected chi connectivity index (χ2v) is 4.80. The molecule has 1 N–H and O–H groups in total. The third kappa shape index (κ3) is 5.60. The lowest BCUT2D eigenvalue weighted by atomic mass is 10.1. The Labute approximate surface area is 135 Å². The van der Waals surface area contributed by atoms with Crippen LogP contribution in [0.2, 0.25) is 0 Å². The Morgan fingerprint density at radius 2 is 1.91 bits per heavy atom. The zero-order valence-corrected chi connectivity index (χ0v) is 13.2. The molecule has 23 heavy (non-hydrogen) atoms. The molecule has 2 aromatic rings. The third-order valence-corrected chi connectivity index (χ3v) is 3.07. The first-order valence-corrected chi connectivity index (χ1v) is 7.22. The van der Waals surface area contributed by atoms with Crippen molar-refractivity contribution >= 4 is 11.6 Å². The van der Waals surface area contributed by atoms with Gasteiger partial charge in [0.15, 0.2) is 0 Å². The molecule has 122 valence electrons. The number of benzene rings is 1. The molecule has 0 saturated heterocycles. The van der Waals surface area contributed by atoms with Gasteiger partial charge >= 0.3 is 0 Å². The van der Waals surface area contributed by atoms with Gasteiger partial charge in [-0.2, -0.15) is 0 Å². The minimum Gasteiger partial charge on any atom is -0.491 e. The van der Waals surface area contributed by atoms with Crippen LogP contribution < -0.4 is 14.8 Å². The van der Waals surface area contributed by atoms with Gasteiger partial charge in [0.25, 0.3) is 0 Å². The predicted octanol–water partition coefficient (Wildman–Crippen LogP) is 2.30. The molecule has 0 unspecified atom stereocenters. The number of rotatable bonds is 8. The molecule has 0 atom stereocenters. The molecule has 1 heterocycles. The Balaban J connectivity index is 1.87. The van der Waals surface area contributed by atoms with E-state index in [-0.39, 0.29) is 12.3 Å².